The highest BCUT2D eigenvalue weighted by Gasteiger charge is 2.14. The second kappa shape index (κ2) is 11.5. The van der Waals surface area contributed by atoms with Crippen molar-refractivity contribution < 1.29 is 14.3 Å². The van der Waals surface area contributed by atoms with Crippen LogP contribution in [0.3, 0.4) is 0 Å². The Labute approximate surface area is 197 Å². The van der Waals surface area contributed by atoms with E-state index in [1.54, 1.807) is 23.3 Å². The molecule has 3 aromatic rings. The average Bonchev–Trinajstić information content (AvgIpc) is 3.08. The maximum atomic E-state index is 12.9. The van der Waals surface area contributed by atoms with E-state index >= 15 is 0 Å². The first kappa shape index (κ1) is 24.3. The van der Waals surface area contributed by atoms with Gasteiger partial charge < -0.3 is 9.30 Å². The molecule has 0 saturated carbocycles. The van der Waals surface area contributed by atoms with Crippen molar-refractivity contribution in [3.63, 3.8) is 0 Å². The molecule has 1 amide bonds. The van der Waals surface area contributed by atoms with Crippen molar-refractivity contribution in [1.29, 1.82) is 0 Å². The van der Waals surface area contributed by atoms with Crippen LogP contribution in [0.4, 0.5) is 0 Å². The summed E-state index contributed by atoms with van der Waals surface area (Å²) in [6.45, 7) is 8.57. The minimum Gasteiger partial charge on any atom is -0.465 e. The number of carbonyl (C=O) groups excluding carboxylic acids is 2. The number of fused-ring (bicyclic) bond motifs is 1. The molecule has 0 saturated heterocycles. The van der Waals surface area contributed by atoms with Gasteiger partial charge in [0.15, 0.2) is 4.80 Å². The standard InChI is InChI=1S/C25H30N2O3S2/c1-5-7-8-18-9-14-21-22(15-18)32-25(27(21)16-23(28)30-6-2)26-24(29)19-10-12-20(13-11-19)31-17(3)4/h9-15,17H,5-8,16H2,1-4H3. The zero-order chi connectivity index (χ0) is 23.1. The van der Waals surface area contributed by atoms with Crippen LogP contribution >= 0.6 is 23.1 Å². The number of benzene rings is 2. The fraction of sp³-hybridized carbons (Fsp3) is 0.400. The Hall–Kier alpha value is -2.38. The number of hydrogen-bond acceptors (Lipinski definition) is 5. The van der Waals surface area contributed by atoms with Crippen LogP contribution in [0.2, 0.25) is 0 Å². The fourth-order valence-corrected chi connectivity index (χ4v) is 5.26. The lowest BCUT2D eigenvalue weighted by atomic mass is 10.1. The van der Waals surface area contributed by atoms with Gasteiger partial charge in [-0.2, -0.15) is 4.99 Å². The summed E-state index contributed by atoms with van der Waals surface area (Å²) in [6.07, 6.45) is 3.27. The van der Waals surface area contributed by atoms with E-state index < -0.39 is 0 Å². The van der Waals surface area contributed by atoms with Gasteiger partial charge in [0, 0.05) is 15.7 Å². The van der Waals surface area contributed by atoms with Crippen LogP contribution in [0.25, 0.3) is 10.2 Å². The Morgan fingerprint density at radius 2 is 1.88 bits per heavy atom. The lowest BCUT2D eigenvalue weighted by Crippen LogP contribution is -2.23. The lowest BCUT2D eigenvalue weighted by Gasteiger charge is -2.06. The molecule has 0 spiro atoms. The van der Waals surface area contributed by atoms with E-state index in [1.165, 1.54) is 16.9 Å². The first-order valence-electron chi connectivity index (χ1n) is 11.0. The first-order chi connectivity index (χ1) is 15.4. The Morgan fingerprint density at radius 3 is 2.53 bits per heavy atom. The molecular formula is C25H30N2O3S2. The van der Waals surface area contributed by atoms with Crippen LogP contribution < -0.4 is 4.80 Å². The number of rotatable bonds is 9. The summed E-state index contributed by atoms with van der Waals surface area (Å²) in [7, 11) is 0. The number of hydrogen-bond donors (Lipinski definition) is 0. The number of amides is 1. The van der Waals surface area contributed by atoms with Gasteiger partial charge in [0.25, 0.3) is 5.91 Å². The molecule has 0 fully saturated rings. The Morgan fingerprint density at radius 1 is 1.12 bits per heavy atom. The largest absolute Gasteiger partial charge is 0.465 e. The SMILES string of the molecule is CCCCc1ccc2c(c1)sc(=NC(=O)c1ccc(SC(C)C)cc1)n2CC(=O)OCC. The average molecular weight is 471 g/mol. The van der Waals surface area contributed by atoms with Gasteiger partial charge in [-0.05, 0) is 61.7 Å². The van der Waals surface area contributed by atoms with Crippen molar-refractivity contribution in [1.82, 2.24) is 4.57 Å². The van der Waals surface area contributed by atoms with Crippen LogP contribution in [0, 0.1) is 0 Å². The lowest BCUT2D eigenvalue weighted by molar-refractivity contribution is -0.143. The zero-order valence-electron chi connectivity index (χ0n) is 19.1. The molecule has 2 aromatic carbocycles. The quantitative estimate of drug-likeness (QED) is 0.291. The van der Waals surface area contributed by atoms with Crippen LogP contribution in [0.5, 0.6) is 0 Å². The maximum absolute atomic E-state index is 12.9. The highest BCUT2D eigenvalue weighted by molar-refractivity contribution is 7.99. The first-order valence-corrected chi connectivity index (χ1v) is 12.7. The zero-order valence-corrected chi connectivity index (χ0v) is 20.7. The highest BCUT2D eigenvalue weighted by Crippen LogP contribution is 2.23. The predicted molar refractivity (Wildman–Crippen MR) is 132 cm³/mol. The molecular weight excluding hydrogens is 440 g/mol. The second-order valence-electron chi connectivity index (χ2n) is 7.79. The smallest absolute Gasteiger partial charge is 0.326 e. The topological polar surface area (TPSA) is 60.7 Å². The van der Waals surface area contributed by atoms with Gasteiger partial charge in [-0.25, -0.2) is 0 Å². The van der Waals surface area contributed by atoms with E-state index in [2.05, 4.69) is 37.9 Å². The van der Waals surface area contributed by atoms with Gasteiger partial charge >= 0.3 is 5.97 Å². The summed E-state index contributed by atoms with van der Waals surface area (Å²) in [4.78, 5) is 31.1. The van der Waals surface area contributed by atoms with Crippen LogP contribution in [-0.4, -0.2) is 28.3 Å². The van der Waals surface area contributed by atoms with Gasteiger partial charge in [-0.15, -0.1) is 11.8 Å². The third kappa shape index (κ3) is 6.33. The summed E-state index contributed by atoms with van der Waals surface area (Å²) < 4.78 is 7.94. The van der Waals surface area contributed by atoms with Gasteiger partial charge in [-0.3, -0.25) is 9.59 Å². The molecule has 0 atom stereocenters. The number of esters is 1. The summed E-state index contributed by atoms with van der Waals surface area (Å²) in [5, 5.41) is 0.476. The van der Waals surface area contributed by atoms with Crippen LogP contribution in [0.1, 0.15) is 56.5 Å². The molecule has 0 unspecified atom stereocenters. The summed E-state index contributed by atoms with van der Waals surface area (Å²) in [6, 6.07) is 13.8. The molecule has 0 radical (unpaired) electrons. The molecule has 0 aliphatic carbocycles. The molecule has 0 N–H and O–H groups in total. The molecule has 0 bridgehead atoms. The van der Waals surface area contributed by atoms with Crippen molar-refractivity contribution in [3.05, 3.63) is 58.4 Å². The molecule has 1 aromatic heterocycles. The molecule has 7 heteroatoms. The van der Waals surface area contributed by atoms with Crippen molar-refractivity contribution in [2.75, 3.05) is 6.61 Å². The third-order valence-corrected chi connectivity index (χ3v) is 6.89. The third-order valence-electron chi connectivity index (χ3n) is 4.83. The molecule has 1 heterocycles. The number of nitrogens with zero attached hydrogens (tertiary/aromatic N) is 2. The number of aromatic nitrogens is 1. The number of thiazole rings is 1. The summed E-state index contributed by atoms with van der Waals surface area (Å²) in [5.74, 6) is -0.660. The normalized spacial score (nSPS) is 12.0. The maximum Gasteiger partial charge on any atom is 0.326 e. The monoisotopic (exact) mass is 470 g/mol. The predicted octanol–water partition coefficient (Wildman–Crippen LogP) is 5.85. The number of unbranched alkanes of at least 4 members (excludes halogenated alkanes) is 1. The molecule has 32 heavy (non-hydrogen) atoms. The van der Waals surface area contributed by atoms with E-state index in [9.17, 15) is 9.59 Å². The van der Waals surface area contributed by atoms with Gasteiger partial charge in [0.2, 0.25) is 0 Å². The summed E-state index contributed by atoms with van der Waals surface area (Å²) in [5.41, 5.74) is 2.67. The number of thioether (sulfide) groups is 1. The van der Waals surface area contributed by atoms with E-state index in [4.69, 9.17) is 4.74 Å². The number of carbonyl (C=O) groups is 2. The number of aryl methyl sites for hydroxylation is 1. The van der Waals surface area contributed by atoms with Crippen molar-refractivity contribution in [2.24, 2.45) is 4.99 Å². The van der Waals surface area contributed by atoms with E-state index in [0.717, 1.165) is 34.4 Å². The van der Waals surface area contributed by atoms with Crippen LogP contribution in [-0.2, 0) is 22.5 Å². The Balaban J connectivity index is 1.99. The van der Waals surface area contributed by atoms with Gasteiger partial charge in [0.1, 0.15) is 6.54 Å². The van der Waals surface area contributed by atoms with Crippen molar-refractivity contribution in [3.8, 4) is 0 Å². The van der Waals surface area contributed by atoms with Gasteiger partial charge in [0.05, 0.1) is 16.8 Å². The number of ether oxygens (including phenoxy) is 1. The van der Waals surface area contributed by atoms with E-state index in [1.807, 2.05) is 30.3 Å². The molecule has 3 rings (SSSR count). The molecule has 0 aliphatic heterocycles. The Kier molecular flexibility index (Phi) is 8.70. The molecule has 5 nitrogen and oxygen atoms in total. The van der Waals surface area contributed by atoms with Crippen LogP contribution in [0.15, 0.2) is 52.4 Å². The highest BCUT2D eigenvalue weighted by atomic mass is 32.2. The van der Waals surface area contributed by atoms with Crippen molar-refractivity contribution >= 4 is 45.2 Å². The summed E-state index contributed by atoms with van der Waals surface area (Å²) >= 11 is 3.18. The minimum atomic E-state index is -0.341. The fourth-order valence-electron chi connectivity index (χ4n) is 3.33. The minimum absolute atomic E-state index is 0.0260. The second-order valence-corrected chi connectivity index (χ2v) is 10.4. The van der Waals surface area contributed by atoms with Gasteiger partial charge in [-0.1, -0.05) is 44.6 Å². The van der Waals surface area contributed by atoms with Crippen molar-refractivity contribution in [2.45, 2.75) is 63.6 Å². The Bertz CT molecular complexity index is 1140. The molecule has 170 valence electrons. The van der Waals surface area contributed by atoms with E-state index in [0.29, 0.717) is 22.2 Å². The molecule has 0 aliphatic rings. The van der Waals surface area contributed by atoms with E-state index in [-0.39, 0.29) is 18.4 Å².